The van der Waals surface area contributed by atoms with Crippen LogP contribution < -0.4 is 0 Å². The normalized spacial score (nSPS) is 11.8. The van der Waals surface area contributed by atoms with Gasteiger partial charge >= 0.3 is 0 Å². The van der Waals surface area contributed by atoms with Crippen molar-refractivity contribution in [2.75, 3.05) is 0 Å². The summed E-state index contributed by atoms with van der Waals surface area (Å²) in [5.41, 5.74) is 12.7. The monoisotopic (exact) mass is 868 g/mol. The summed E-state index contributed by atoms with van der Waals surface area (Å²) in [6.07, 6.45) is 0. The summed E-state index contributed by atoms with van der Waals surface area (Å²) in [5, 5.41) is 10.5. The predicted octanol–water partition coefficient (Wildman–Crippen LogP) is 16.5. The van der Waals surface area contributed by atoms with Crippen LogP contribution in [0.2, 0.25) is 0 Å². The van der Waals surface area contributed by atoms with Crippen molar-refractivity contribution < 1.29 is 8.83 Å². The van der Waals surface area contributed by atoms with Gasteiger partial charge < -0.3 is 8.83 Å². The molecule has 0 bridgehead atoms. The van der Waals surface area contributed by atoms with E-state index in [0.717, 1.165) is 94.1 Å². The molecule has 68 heavy (non-hydrogen) atoms. The van der Waals surface area contributed by atoms with E-state index in [9.17, 15) is 0 Å². The highest BCUT2D eigenvalue weighted by Crippen LogP contribution is 2.45. The summed E-state index contributed by atoms with van der Waals surface area (Å²) in [6, 6.07) is 76.3. The molecule has 0 saturated carbocycles. The molecule has 0 N–H and O–H groups in total. The quantitative estimate of drug-likeness (QED) is 0.155. The molecule has 0 saturated heterocycles. The lowest BCUT2D eigenvalue weighted by Crippen LogP contribution is -1.99. The highest BCUT2D eigenvalue weighted by Gasteiger charge is 2.22. The van der Waals surface area contributed by atoms with Crippen LogP contribution in [0.4, 0.5) is 0 Å². The Kier molecular flexibility index (Phi) is 8.48. The van der Waals surface area contributed by atoms with Crippen LogP contribution in [0.5, 0.6) is 0 Å². The molecule has 14 rings (SSSR count). The van der Waals surface area contributed by atoms with E-state index >= 15 is 0 Å². The fourth-order valence-corrected chi connectivity index (χ4v) is 10.0. The summed E-state index contributed by atoms with van der Waals surface area (Å²) < 4.78 is 12.4. The molecule has 3 heterocycles. The predicted molar refractivity (Wildman–Crippen MR) is 277 cm³/mol. The van der Waals surface area contributed by atoms with Crippen LogP contribution in [0.25, 0.3) is 144 Å². The van der Waals surface area contributed by atoms with Crippen LogP contribution in [-0.4, -0.2) is 19.9 Å². The van der Waals surface area contributed by atoms with Crippen molar-refractivity contribution in [1.82, 2.24) is 19.9 Å². The fourth-order valence-electron chi connectivity index (χ4n) is 10.0. The Morgan fingerprint density at radius 1 is 0.279 bits per heavy atom. The smallest absolute Gasteiger partial charge is 0.227 e. The van der Waals surface area contributed by atoms with Crippen LogP contribution in [0.1, 0.15) is 0 Å². The zero-order valence-electron chi connectivity index (χ0n) is 36.4. The van der Waals surface area contributed by atoms with Crippen LogP contribution in [0, 0.1) is 0 Å². The van der Waals surface area contributed by atoms with Gasteiger partial charge in [0.05, 0.1) is 11.2 Å². The molecule has 0 amide bonds. The highest BCUT2D eigenvalue weighted by atomic mass is 16.4. The molecule has 11 aromatic carbocycles. The maximum atomic E-state index is 6.22. The van der Waals surface area contributed by atoms with Crippen LogP contribution in [0.15, 0.2) is 227 Å². The number of aromatic nitrogens is 4. The number of fused-ring (bicyclic) bond motifs is 9. The van der Waals surface area contributed by atoms with E-state index in [1.54, 1.807) is 0 Å². The lowest BCUT2D eigenvalue weighted by atomic mass is 9.87. The minimum Gasteiger partial charge on any atom is -0.436 e. The number of oxazole rings is 2. The Bertz CT molecular complexity index is 4260. The molecule has 0 radical (unpaired) electrons. The van der Waals surface area contributed by atoms with Gasteiger partial charge in [0, 0.05) is 33.2 Å². The van der Waals surface area contributed by atoms with Crippen molar-refractivity contribution >= 4 is 76.2 Å². The minimum absolute atomic E-state index is 0.566. The van der Waals surface area contributed by atoms with Gasteiger partial charge in [0.1, 0.15) is 11.0 Å². The number of hydrogen-bond acceptors (Lipinski definition) is 6. The first kappa shape index (κ1) is 38.1. The van der Waals surface area contributed by atoms with E-state index in [0.29, 0.717) is 17.6 Å². The Morgan fingerprint density at radius 2 is 0.735 bits per heavy atom. The standard InChI is InChI=1S/C62H36N4O2/c1-3-15-44-41(13-1)33-50(48-19-7-5-17-46(44)48)43-35-52(51-34-42-14-2-4-16-45(42)47-18-6-8-20-49(47)51)59-53(36-43)58(37-25-29-39(30-26-37)61-63-54-21-9-11-23-56(54)67-61)65-60(66-59)38-27-31-40(32-28-38)62-64-55-22-10-12-24-57(55)68-62/h1-36H. The average molecular weight is 869 g/mol. The molecule has 0 aliphatic rings. The van der Waals surface area contributed by atoms with Gasteiger partial charge in [-0.25, -0.2) is 19.9 Å². The maximum absolute atomic E-state index is 6.22. The number of rotatable bonds is 6. The van der Waals surface area contributed by atoms with Crippen LogP contribution in [0.3, 0.4) is 0 Å². The van der Waals surface area contributed by atoms with Gasteiger partial charge in [0.2, 0.25) is 11.8 Å². The molecule has 316 valence electrons. The van der Waals surface area contributed by atoms with Crippen molar-refractivity contribution in [2.24, 2.45) is 0 Å². The van der Waals surface area contributed by atoms with E-state index in [4.69, 9.17) is 28.8 Å². The molecule has 0 atom stereocenters. The third-order valence-corrected chi connectivity index (χ3v) is 13.3. The summed E-state index contributed by atoms with van der Waals surface area (Å²) in [7, 11) is 0. The second-order valence-corrected chi connectivity index (χ2v) is 17.3. The van der Waals surface area contributed by atoms with Gasteiger partial charge in [0.15, 0.2) is 17.0 Å². The third kappa shape index (κ3) is 6.19. The fraction of sp³-hybridized carbons (Fsp3) is 0. The summed E-state index contributed by atoms with van der Waals surface area (Å²) in [5.74, 6) is 1.74. The van der Waals surface area contributed by atoms with Gasteiger partial charge in [0.25, 0.3) is 0 Å². The summed E-state index contributed by atoms with van der Waals surface area (Å²) in [6.45, 7) is 0. The first-order chi connectivity index (χ1) is 33.7. The van der Waals surface area contributed by atoms with E-state index in [1.165, 1.54) is 32.3 Å². The molecular formula is C62H36N4O2. The Labute approximate surface area is 389 Å². The van der Waals surface area contributed by atoms with Crippen molar-refractivity contribution in [2.45, 2.75) is 0 Å². The lowest BCUT2D eigenvalue weighted by Gasteiger charge is -2.18. The average Bonchev–Trinajstić information content (AvgIpc) is 4.06. The van der Waals surface area contributed by atoms with Gasteiger partial charge in [-0.3, -0.25) is 0 Å². The van der Waals surface area contributed by atoms with Crippen molar-refractivity contribution in [3.63, 3.8) is 0 Å². The van der Waals surface area contributed by atoms with Gasteiger partial charge in [-0.05, 0) is 133 Å². The van der Waals surface area contributed by atoms with Gasteiger partial charge in [-0.15, -0.1) is 0 Å². The summed E-state index contributed by atoms with van der Waals surface area (Å²) in [4.78, 5) is 20.7. The Morgan fingerprint density at radius 3 is 1.31 bits per heavy atom. The first-order valence-corrected chi connectivity index (χ1v) is 22.8. The number of nitrogens with zero attached hydrogens (tertiary/aromatic N) is 4. The molecule has 0 unspecified atom stereocenters. The molecule has 0 spiro atoms. The van der Waals surface area contributed by atoms with Crippen molar-refractivity contribution in [3.8, 4) is 67.8 Å². The topological polar surface area (TPSA) is 77.8 Å². The Balaban J connectivity index is 1.05. The number of benzene rings is 11. The molecule has 6 heteroatoms. The summed E-state index contributed by atoms with van der Waals surface area (Å²) >= 11 is 0. The van der Waals surface area contributed by atoms with Crippen LogP contribution in [-0.2, 0) is 0 Å². The highest BCUT2D eigenvalue weighted by molar-refractivity contribution is 6.19. The Hall–Kier alpha value is -9.26. The van der Waals surface area contributed by atoms with E-state index in [2.05, 4.69) is 158 Å². The van der Waals surface area contributed by atoms with E-state index in [1.807, 2.05) is 60.7 Å². The molecule has 14 aromatic rings. The van der Waals surface area contributed by atoms with E-state index in [-0.39, 0.29) is 0 Å². The van der Waals surface area contributed by atoms with Crippen molar-refractivity contribution in [3.05, 3.63) is 218 Å². The van der Waals surface area contributed by atoms with Crippen LogP contribution >= 0.6 is 0 Å². The first-order valence-electron chi connectivity index (χ1n) is 22.8. The third-order valence-electron chi connectivity index (χ3n) is 13.3. The van der Waals surface area contributed by atoms with Crippen molar-refractivity contribution in [1.29, 1.82) is 0 Å². The molecule has 3 aromatic heterocycles. The van der Waals surface area contributed by atoms with E-state index < -0.39 is 0 Å². The molecular weight excluding hydrogens is 833 g/mol. The van der Waals surface area contributed by atoms with Gasteiger partial charge in [-0.1, -0.05) is 146 Å². The second-order valence-electron chi connectivity index (χ2n) is 17.3. The maximum Gasteiger partial charge on any atom is 0.227 e. The lowest BCUT2D eigenvalue weighted by molar-refractivity contribution is 0.619. The number of para-hydroxylation sites is 4. The number of hydrogen-bond donors (Lipinski definition) is 0. The SMILES string of the molecule is c1ccc2c(c1)cc(-c1cc(-c3cc4ccccc4c4ccccc34)c3nc(-c4ccc(-c5nc6ccccc6o5)cc4)nc(-c4ccc(-c5nc6ccccc6o5)cc4)c3c1)c1ccccc12. The van der Waals surface area contributed by atoms with Gasteiger partial charge in [-0.2, -0.15) is 0 Å². The molecule has 0 aliphatic carbocycles. The molecule has 0 fully saturated rings. The molecule has 0 aliphatic heterocycles. The second kappa shape index (κ2) is 15.2. The molecule has 6 nitrogen and oxygen atoms in total. The largest absolute Gasteiger partial charge is 0.436 e. The zero-order valence-corrected chi connectivity index (χ0v) is 36.4. The zero-order chi connectivity index (χ0) is 44.7. The minimum atomic E-state index is 0.566.